The molecule has 3 fully saturated rings. The molecule has 252 valence electrons. The molecule has 0 bridgehead atoms. The molecule has 3 N–H and O–H groups in total. The minimum Gasteiger partial charge on any atom is -0.465 e. The monoisotopic (exact) mass is 655 g/mol. The van der Waals surface area contributed by atoms with Gasteiger partial charge in [0.15, 0.2) is 22.6 Å². The van der Waals surface area contributed by atoms with Gasteiger partial charge in [-0.15, -0.1) is 20.4 Å². The summed E-state index contributed by atoms with van der Waals surface area (Å²) in [6, 6.07) is 4.11. The number of ether oxygens (including phenoxy) is 2. The lowest BCUT2D eigenvalue weighted by Crippen LogP contribution is -2.39. The van der Waals surface area contributed by atoms with Crippen molar-refractivity contribution >= 4 is 39.7 Å². The van der Waals surface area contributed by atoms with Crippen LogP contribution in [-0.2, 0) is 9.47 Å². The zero-order chi connectivity index (χ0) is 32.8. The fraction of sp³-hybridized carbons (Fsp3) is 0.545. The highest BCUT2D eigenvalue weighted by molar-refractivity contribution is 5.75. The molecule has 1 saturated heterocycles. The number of fused-ring (bicyclic) bond motifs is 6. The number of nitrogens with zero attached hydrogens (tertiary/aromatic N) is 9. The molecule has 0 spiro atoms. The normalized spacial score (nSPS) is 26.2. The summed E-state index contributed by atoms with van der Waals surface area (Å²) in [5.41, 5.74) is 5.38. The van der Waals surface area contributed by atoms with Gasteiger partial charge in [-0.2, -0.15) is 0 Å². The van der Waals surface area contributed by atoms with Gasteiger partial charge in [0.05, 0.1) is 48.8 Å². The Labute approximate surface area is 276 Å². The molecule has 15 heteroatoms. The highest BCUT2D eigenvalue weighted by atomic mass is 16.5. The number of hydrogen-bond acceptors (Lipinski definition) is 9. The van der Waals surface area contributed by atoms with Gasteiger partial charge in [0.2, 0.25) is 0 Å². The first-order valence-corrected chi connectivity index (χ1v) is 17.1. The topological polar surface area (TPSA) is 177 Å². The molecule has 0 radical (unpaired) electrons. The van der Waals surface area contributed by atoms with Crippen LogP contribution in [0.15, 0.2) is 36.9 Å². The zero-order valence-corrected chi connectivity index (χ0v) is 27.2. The molecule has 0 aromatic carbocycles. The third-order valence-corrected chi connectivity index (χ3v) is 10.6. The molecule has 0 unspecified atom stereocenters. The van der Waals surface area contributed by atoms with Gasteiger partial charge < -0.3 is 29.4 Å². The lowest BCUT2D eigenvalue weighted by atomic mass is 9.93. The molecule has 6 aromatic heterocycles. The number of rotatable bonds is 6. The first kappa shape index (κ1) is 30.7. The molecule has 48 heavy (non-hydrogen) atoms. The Morgan fingerprint density at radius 1 is 0.812 bits per heavy atom. The Bertz CT molecular complexity index is 1910. The first-order valence-electron chi connectivity index (χ1n) is 17.1. The van der Waals surface area contributed by atoms with Crippen molar-refractivity contribution in [1.82, 2.24) is 54.0 Å². The van der Waals surface area contributed by atoms with Gasteiger partial charge in [0.25, 0.3) is 0 Å². The van der Waals surface area contributed by atoms with Crippen LogP contribution in [0.1, 0.15) is 75.9 Å². The van der Waals surface area contributed by atoms with Crippen molar-refractivity contribution in [1.29, 1.82) is 0 Å². The Balaban J connectivity index is 0.000000326. The maximum atomic E-state index is 10.2. The van der Waals surface area contributed by atoms with E-state index in [0.717, 1.165) is 83.8 Å². The summed E-state index contributed by atoms with van der Waals surface area (Å²) >= 11 is 0. The molecule has 3 aliphatic rings. The lowest BCUT2D eigenvalue weighted by Gasteiger charge is -2.23. The molecular weight excluding hydrogens is 614 g/mol. The molecule has 7 heterocycles. The number of hydrogen-bond donors (Lipinski definition) is 3. The van der Waals surface area contributed by atoms with Gasteiger partial charge in [-0.1, -0.05) is 26.7 Å². The Morgan fingerprint density at radius 3 is 1.75 bits per heavy atom. The molecule has 15 nitrogen and oxygen atoms in total. The molecule has 1 amide bonds. The SMILES string of the molecule is CC[C@@H]1C[C@H](O[C@H]2C[C@@H](CC)[C@@H](c3nnc4cnc5[nH]ccc5n34)C2)C[C@@H]1c1nnc2cnc3[nH]ccc3n12.O=C(O)N1CCOCC1. The van der Waals surface area contributed by atoms with Crippen molar-refractivity contribution in [3.63, 3.8) is 0 Å². The number of aromatic nitrogens is 10. The van der Waals surface area contributed by atoms with Crippen LogP contribution < -0.4 is 0 Å². The number of aromatic amines is 2. The number of carbonyl (C=O) groups is 1. The number of amides is 1. The fourth-order valence-electron chi connectivity index (χ4n) is 8.21. The molecule has 6 atom stereocenters. The minimum atomic E-state index is -0.849. The van der Waals surface area contributed by atoms with E-state index in [1.54, 1.807) is 12.4 Å². The Hall–Kier alpha value is -4.63. The number of nitrogens with one attached hydrogen (secondary N) is 2. The molecular formula is C33H41N11O4. The minimum absolute atomic E-state index is 0.216. The van der Waals surface area contributed by atoms with Gasteiger partial charge in [-0.05, 0) is 49.7 Å². The van der Waals surface area contributed by atoms with Gasteiger partial charge in [-0.3, -0.25) is 8.80 Å². The van der Waals surface area contributed by atoms with Crippen LogP contribution in [0.25, 0.3) is 33.6 Å². The van der Waals surface area contributed by atoms with E-state index in [-0.39, 0.29) is 12.2 Å². The molecule has 1 aliphatic heterocycles. The fourth-order valence-corrected chi connectivity index (χ4v) is 8.21. The van der Waals surface area contributed by atoms with E-state index in [1.165, 1.54) is 4.90 Å². The lowest BCUT2D eigenvalue weighted by molar-refractivity contribution is -0.00877. The summed E-state index contributed by atoms with van der Waals surface area (Å²) < 4.78 is 16.2. The van der Waals surface area contributed by atoms with Crippen molar-refractivity contribution in [2.75, 3.05) is 26.3 Å². The summed E-state index contributed by atoms with van der Waals surface area (Å²) in [7, 11) is 0. The zero-order valence-electron chi connectivity index (χ0n) is 27.2. The highest BCUT2D eigenvalue weighted by Gasteiger charge is 2.42. The number of H-pyrrole nitrogens is 2. The van der Waals surface area contributed by atoms with Crippen LogP contribution in [0, 0.1) is 11.8 Å². The van der Waals surface area contributed by atoms with Gasteiger partial charge >= 0.3 is 6.09 Å². The van der Waals surface area contributed by atoms with E-state index < -0.39 is 6.09 Å². The smallest absolute Gasteiger partial charge is 0.407 e. The predicted octanol–water partition coefficient (Wildman–Crippen LogP) is 4.78. The van der Waals surface area contributed by atoms with E-state index in [1.807, 2.05) is 12.4 Å². The summed E-state index contributed by atoms with van der Waals surface area (Å²) in [4.78, 5) is 27.0. The highest BCUT2D eigenvalue weighted by Crippen LogP contribution is 2.47. The third kappa shape index (κ3) is 5.44. The van der Waals surface area contributed by atoms with Crippen LogP contribution >= 0.6 is 0 Å². The van der Waals surface area contributed by atoms with Crippen molar-refractivity contribution in [3.8, 4) is 0 Å². The third-order valence-electron chi connectivity index (χ3n) is 10.6. The molecule has 6 aromatic rings. The van der Waals surface area contributed by atoms with Gasteiger partial charge in [-0.25, -0.2) is 14.8 Å². The van der Waals surface area contributed by atoms with Gasteiger partial charge in [0.1, 0.15) is 11.6 Å². The largest absolute Gasteiger partial charge is 0.465 e. The van der Waals surface area contributed by atoms with Crippen LogP contribution in [-0.4, -0.2) is 104 Å². The average Bonchev–Trinajstić information content (AvgIpc) is 3.95. The molecule has 2 aliphatic carbocycles. The standard InChI is InChI=1S/C28H32N10O.C5H9NO3/c1-3-15-9-17(11-19(15)27-35-33-23-13-31-25-21(37(23)27)5-7-29-25)39-18-10-16(4-2)20(12-18)28-36-34-24-14-32-26-22(38(24)28)6-8-30-26;7-5(8)6-1-3-9-4-2-6/h5-8,13-20,29-30H,3-4,9-12H2,1-2H3;1-4H2,(H,7,8)/t15-,16-,17+,18+,19+,20+;/m1./s1. The van der Waals surface area contributed by atoms with E-state index in [0.29, 0.717) is 50.0 Å². The van der Waals surface area contributed by atoms with Crippen molar-refractivity contribution in [2.24, 2.45) is 11.8 Å². The van der Waals surface area contributed by atoms with Gasteiger partial charge in [0, 0.05) is 37.3 Å². The molecule has 2 saturated carbocycles. The average molecular weight is 656 g/mol. The maximum absolute atomic E-state index is 10.2. The van der Waals surface area contributed by atoms with Crippen molar-refractivity contribution in [2.45, 2.75) is 76.4 Å². The van der Waals surface area contributed by atoms with E-state index >= 15 is 0 Å². The van der Waals surface area contributed by atoms with E-state index in [2.05, 4.69) is 75.1 Å². The maximum Gasteiger partial charge on any atom is 0.407 e. The van der Waals surface area contributed by atoms with Crippen LogP contribution in [0.5, 0.6) is 0 Å². The second-order valence-electron chi connectivity index (χ2n) is 13.2. The summed E-state index contributed by atoms with van der Waals surface area (Å²) in [5.74, 6) is 3.71. The van der Waals surface area contributed by atoms with E-state index in [4.69, 9.17) is 14.6 Å². The quantitative estimate of drug-likeness (QED) is 0.226. The summed E-state index contributed by atoms with van der Waals surface area (Å²) in [6.45, 7) is 6.65. The van der Waals surface area contributed by atoms with Crippen molar-refractivity contribution < 1.29 is 19.4 Å². The summed E-state index contributed by atoms with van der Waals surface area (Å²) in [6.07, 6.45) is 13.3. The predicted molar refractivity (Wildman–Crippen MR) is 176 cm³/mol. The van der Waals surface area contributed by atoms with Crippen LogP contribution in [0.2, 0.25) is 0 Å². The summed E-state index contributed by atoms with van der Waals surface area (Å²) in [5, 5.41) is 26.7. The second-order valence-corrected chi connectivity index (χ2v) is 13.2. The Kier molecular flexibility index (Phi) is 8.16. The second kappa shape index (κ2) is 12.8. The molecule has 9 rings (SSSR count). The first-order chi connectivity index (χ1) is 23.5. The number of morpholine rings is 1. The van der Waals surface area contributed by atoms with E-state index in [9.17, 15) is 4.79 Å². The van der Waals surface area contributed by atoms with Crippen LogP contribution in [0.3, 0.4) is 0 Å². The number of carboxylic acid groups (broad SMARTS) is 1. The van der Waals surface area contributed by atoms with Crippen molar-refractivity contribution in [3.05, 3.63) is 48.6 Å². The Morgan fingerprint density at radius 2 is 1.31 bits per heavy atom. The van der Waals surface area contributed by atoms with Crippen LogP contribution in [0.4, 0.5) is 4.79 Å².